The van der Waals surface area contributed by atoms with E-state index in [9.17, 15) is 18.8 Å². The number of benzene rings is 2. The summed E-state index contributed by atoms with van der Waals surface area (Å²) in [5.41, 5.74) is 1.40. The van der Waals surface area contributed by atoms with Gasteiger partial charge in [-0.15, -0.1) is 11.3 Å². The number of hydrogen-bond donors (Lipinski definition) is 2. The molecule has 0 saturated carbocycles. The summed E-state index contributed by atoms with van der Waals surface area (Å²) in [6.45, 7) is 3.21. The maximum atomic E-state index is 13.9. The Balaban J connectivity index is 1.58. The number of nitrogens with one attached hydrogen (secondary N) is 2. The largest absolute Gasteiger partial charge is 0.324 e. The minimum atomic E-state index is -0.564. The zero-order valence-corrected chi connectivity index (χ0v) is 19.2. The second-order valence-electron chi connectivity index (χ2n) is 7.36. The minimum absolute atomic E-state index is 0.0395. The quantitative estimate of drug-likeness (QED) is 0.427. The van der Waals surface area contributed by atoms with Crippen LogP contribution in [0.4, 0.5) is 15.8 Å². The lowest BCUT2D eigenvalue weighted by atomic mass is 10.2. The van der Waals surface area contributed by atoms with Gasteiger partial charge in [-0.1, -0.05) is 29.8 Å². The summed E-state index contributed by atoms with van der Waals surface area (Å²) in [5.74, 6) is -1.53. The van der Waals surface area contributed by atoms with Gasteiger partial charge in [0.1, 0.15) is 17.2 Å². The Hall–Kier alpha value is -3.56. The van der Waals surface area contributed by atoms with Crippen molar-refractivity contribution in [3.05, 3.63) is 86.0 Å². The number of rotatable bonds is 5. The maximum absolute atomic E-state index is 13.9. The van der Waals surface area contributed by atoms with E-state index in [2.05, 4.69) is 15.6 Å². The van der Waals surface area contributed by atoms with Gasteiger partial charge in [-0.2, -0.15) is 0 Å². The maximum Gasteiger partial charge on any atom is 0.266 e. The van der Waals surface area contributed by atoms with Gasteiger partial charge in [-0.05, 0) is 49.2 Å². The van der Waals surface area contributed by atoms with Crippen LogP contribution in [0, 0.1) is 19.7 Å². The number of aryl methyl sites for hydroxylation is 2. The molecule has 4 aromatic rings. The molecule has 7 nitrogen and oxygen atoms in total. The molecule has 0 aliphatic carbocycles. The molecule has 2 amide bonds. The molecule has 0 bridgehead atoms. The number of fused-ring (bicyclic) bond motifs is 1. The third kappa shape index (κ3) is 4.64. The third-order valence-electron chi connectivity index (χ3n) is 5.02. The van der Waals surface area contributed by atoms with Gasteiger partial charge in [0.2, 0.25) is 5.91 Å². The standard InChI is InChI=1S/C23H18ClFN4O3S/c1-12-7-8-14(9-15(12)24)27-18(30)10-29-11-26-22-19(23(29)32)13(2)20(33-22)21(31)28-17-6-4-3-5-16(17)25/h3-9,11H,10H2,1-2H3,(H,27,30)(H,28,31). The van der Waals surface area contributed by atoms with Crippen molar-refractivity contribution in [2.45, 2.75) is 20.4 Å². The van der Waals surface area contributed by atoms with E-state index in [1.165, 1.54) is 29.1 Å². The van der Waals surface area contributed by atoms with Crippen LogP contribution in [0.2, 0.25) is 5.02 Å². The number of halogens is 2. The molecule has 33 heavy (non-hydrogen) atoms. The summed E-state index contributed by atoms with van der Waals surface area (Å²) in [6.07, 6.45) is 1.26. The molecular weight excluding hydrogens is 467 g/mol. The van der Waals surface area contributed by atoms with Crippen molar-refractivity contribution in [3.63, 3.8) is 0 Å². The van der Waals surface area contributed by atoms with Crippen molar-refractivity contribution < 1.29 is 14.0 Å². The molecule has 2 aromatic carbocycles. The predicted octanol–water partition coefficient (Wildman–Crippen LogP) is 4.76. The Morgan fingerprint density at radius 2 is 1.91 bits per heavy atom. The summed E-state index contributed by atoms with van der Waals surface area (Å²) in [7, 11) is 0. The molecular formula is C23H18ClFN4O3S. The van der Waals surface area contributed by atoms with Crippen LogP contribution in [0.1, 0.15) is 20.8 Å². The number of anilines is 2. The second-order valence-corrected chi connectivity index (χ2v) is 8.77. The van der Waals surface area contributed by atoms with E-state index in [4.69, 9.17) is 11.6 Å². The highest BCUT2D eigenvalue weighted by atomic mass is 35.5. The van der Waals surface area contributed by atoms with Crippen molar-refractivity contribution >= 4 is 56.3 Å². The van der Waals surface area contributed by atoms with E-state index >= 15 is 0 Å². The molecule has 0 radical (unpaired) electrons. The fraction of sp³-hybridized carbons (Fsp3) is 0.130. The fourth-order valence-corrected chi connectivity index (χ4v) is 4.47. The van der Waals surface area contributed by atoms with Gasteiger partial charge < -0.3 is 10.6 Å². The Bertz CT molecular complexity index is 1460. The fourth-order valence-electron chi connectivity index (χ4n) is 3.26. The van der Waals surface area contributed by atoms with E-state index in [-0.39, 0.29) is 22.5 Å². The summed E-state index contributed by atoms with van der Waals surface area (Å²) in [5, 5.41) is 5.97. The number of carbonyl (C=O) groups is 2. The first kappa shape index (κ1) is 22.6. The van der Waals surface area contributed by atoms with Gasteiger partial charge in [0.15, 0.2) is 0 Å². The topological polar surface area (TPSA) is 93.1 Å². The highest BCUT2D eigenvalue weighted by Crippen LogP contribution is 2.28. The molecule has 2 heterocycles. The Morgan fingerprint density at radius 3 is 2.64 bits per heavy atom. The van der Waals surface area contributed by atoms with E-state index < -0.39 is 23.2 Å². The van der Waals surface area contributed by atoms with Crippen LogP contribution in [-0.4, -0.2) is 21.4 Å². The lowest BCUT2D eigenvalue weighted by molar-refractivity contribution is -0.116. The number of nitrogens with zero attached hydrogens (tertiary/aromatic N) is 2. The molecule has 0 saturated heterocycles. The molecule has 2 N–H and O–H groups in total. The average Bonchev–Trinajstić information content (AvgIpc) is 3.11. The van der Waals surface area contributed by atoms with Gasteiger partial charge >= 0.3 is 0 Å². The Morgan fingerprint density at radius 1 is 1.15 bits per heavy atom. The average molecular weight is 485 g/mol. The van der Waals surface area contributed by atoms with Gasteiger partial charge in [0.05, 0.1) is 22.3 Å². The number of amides is 2. The number of thiophene rings is 1. The molecule has 0 fully saturated rings. The number of hydrogen-bond acceptors (Lipinski definition) is 5. The molecule has 0 spiro atoms. The smallest absolute Gasteiger partial charge is 0.266 e. The predicted molar refractivity (Wildman–Crippen MR) is 128 cm³/mol. The van der Waals surface area contributed by atoms with E-state index in [1.54, 1.807) is 31.2 Å². The number of aromatic nitrogens is 2. The van der Waals surface area contributed by atoms with Crippen LogP contribution in [0.5, 0.6) is 0 Å². The van der Waals surface area contributed by atoms with E-state index in [1.807, 2.05) is 6.92 Å². The molecule has 168 valence electrons. The van der Waals surface area contributed by atoms with Crippen LogP contribution >= 0.6 is 22.9 Å². The van der Waals surface area contributed by atoms with Crippen molar-refractivity contribution in [1.29, 1.82) is 0 Å². The summed E-state index contributed by atoms with van der Waals surface area (Å²) < 4.78 is 15.1. The molecule has 0 unspecified atom stereocenters. The van der Waals surface area contributed by atoms with E-state index in [0.29, 0.717) is 21.1 Å². The second kappa shape index (κ2) is 9.13. The van der Waals surface area contributed by atoms with Gasteiger partial charge in [0, 0.05) is 10.7 Å². The van der Waals surface area contributed by atoms with E-state index in [0.717, 1.165) is 16.9 Å². The Labute approximate surface area is 196 Å². The van der Waals surface area contributed by atoms with Crippen LogP contribution in [0.3, 0.4) is 0 Å². The monoisotopic (exact) mass is 484 g/mol. The normalized spacial score (nSPS) is 10.9. The summed E-state index contributed by atoms with van der Waals surface area (Å²) >= 11 is 7.11. The molecule has 2 aromatic heterocycles. The first-order chi connectivity index (χ1) is 15.7. The zero-order chi connectivity index (χ0) is 23.7. The van der Waals surface area contributed by atoms with Crippen molar-refractivity contribution in [1.82, 2.24) is 9.55 Å². The van der Waals surface area contributed by atoms with Crippen molar-refractivity contribution in [2.75, 3.05) is 10.6 Å². The SMILES string of the molecule is Cc1ccc(NC(=O)Cn2cnc3sc(C(=O)Nc4ccccc4F)c(C)c3c2=O)cc1Cl. The first-order valence-electron chi connectivity index (χ1n) is 9.85. The lowest BCUT2D eigenvalue weighted by Gasteiger charge is -2.08. The number of para-hydroxylation sites is 1. The molecule has 4 rings (SSSR count). The number of carbonyl (C=O) groups excluding carboxylic acids is 2. The van der Waals surface area contributed by atoms with Crippen LogP contribution < -0.4 is 16.2 Å². The highest BCUT2D eigenvalue weighted by Gasteiger charge is 2.21. The zero-order valence-electron chi connectivity index (χ0n) is 17.6. The molecule has 0 aliphatic heterocycles. The van der Waals surface area contributed by atoms with Gasteiger partial charge in [-0.3, -0.25) is 19.0 Å². The van der Waals surface area contributed by atoms with Crippen molar-refractivity contribution in [3.8, 4) is 0 Å². The van der Waals surface area contributed by atoms with Gasteiger partial charge in [-0.25, -0.2) is 9.37 Å². The molecule has 0 aliphatic rings. The summed E-state index contributed by atoms with van der Waals surface area (Å²) in [6, 6.07) is 10.9. The third-order valence-corrected chi connectivity index (χ3v) is 6.62. The lowest BCUT2D eigenvalue weighted by Crippen LogP contribution is -2.28. The molecule has 10 heteroatoms. The van der Waals surface area contributed by atoms with Crippen LogP contribution in [-0.2, 0) is 11.3 Å². The summed E-state index contributed by atoms with van der Waals surface area (Å²) in [4.78, 5) is 43.0. The Kier molecular flexibility index (Phi) is 6.26. The van der Waals surface area contributed by atoms with Gasteiger partial charge in [0.25, 0.3) is 11.5 Å². The molecule has 0 atom stereocenters. The van der Waals surface area contributed by atoms with Crippen LogP contribution in [0.15, 0.2) is 53.6 Å². The minimum Gasteiger partial charge on any atom is -0.324 e. The highest BCUT2D eigenvalue weighted by molar-refractivity contribution is 7.20. The first-order valence-corrected chi connectivity index (χ1v) is 11.0. The van der Waals surface area contributed by atoms with Crippen molar-refractivity contribution in [2.24, 2.45) is 0 Å². The van der Waals surface area contributed by atoms with Crippen LogP contribution in [0.25, 0.3) is 10.2 Å².